The molecule has 1 saturated heterocycles. The van der Waals surface area contributed by atoms with E-state index in [1.54, 1.807) is 20.0 Å². The molecule has 0 amide bonds. The molecule has 0 unspecified atom stereocenters. The molecule has 3 rings (SSSR count). The molecule has 28 heavy (non-hydrogen) atoms. The van der Waals surface area contributed by atoms with Gasteiger partial charge in [-0.15, -0.1) is 0 Å². The summed E-state index contributed by atoms with van der Waals surface area (Å²) < 4.78 is 5.73. The topological polar surface area (TPSA) is 130 Å². The Kier molecular flexibility index (Phi) is 6.26. The van der Waals surface area contributed by atoms with Gasteiger partial charge in [0.25, 0.3) is 0 Å². The fourth-order valence-electron chi connectivity index (χ4n) is 2.50. The van der Waals surface area contributed by atoms with Crippen LogP contribution in [-0.4, -0.2) is 58.0 Å². The van der Waals surface area contributed by atoms with Crippen LogP contribution in [0.4, 0.5) is 23.1 Å². The summed E-state index contributed by atoms with van der Waals surface area (Å²) in [5.41, 5.74) is 5.93. The Morgan fingerprint density at radius 3 is 2.79 bits per heavy atom. The molecule has 2 aromatic heterocycles. The first kappa shape index (κ1) is 19.8. The molecule has 9 nitrogen and oxygen atoms in total. The zero-order valence-corrected chi connectivity index (χ0v) is 16.0. The summed E-state index contributed by atoms with van der Waals surface area (Å²) in [6.45, 7) is 6.24. The van der Waals surface area contributed by atoms with Crippen molar-refractivity contribution < 1.29 is 9.84 Å². The molecule has 1 aliphatic heterocycles. The van der Waals surface area contributed by atoms with E-state index in [-0.39, 0.29) is 6.10 Å². The van der Waals surface area contributed by atoms with Crippen molar-refractivity contribution in [2.24, 2.45) is 0 Å². The van der Waals surface area contributed by atoms with Crippen molar-refractivity contribution in [3.05, 3.63) is 30.2 Å². The van der Waals surface area contributed by atoms with Crippen LogP contribution in [-0.2, 0) is 4.74 Å². The van der Waals surface area contributed by atoms with Gasteiger partial charge in [0.05, 0.1) is 36.4 Å². The average Bonchev–Trinajstić information content (AvgIpc) is 2.67. The third-order valence-corrected chi connectivity index (χ3v) is 3.86. The van der Waals surface area contributed by atoms with Gasteiger partial charge < -0.3 is 31.5 Å². The maximum Gasteiger partial charge on any atom is 0.150 e. The number of ether oxygens (including phenoxy) is 1. The molecule has 0 spiro atoms. The van der Waals surface area contributed by atoms with Crippen molar-refractivity contribution in [1.29, 1.82) is 0 Å². The normalized spacial score (nSPS) is 16.8. The van der Waals surface area contributed by atoms with Crippen LogP contribution in [0.5, 0.6) is 0 Å². The largest absolute Gasteiger partial charge is 0.382 e. The fraction of sp³-hybridized carbons (Fsp3) is 0.421. The molecule has 0 aromatic carbocycles. The monoisotopic (exact) mass is 383 g/mol. The minimum absolute atomic E-state index is 0.0661. The second kappa shape index (κ2) is 8.84. The molecule has 0 bridgehead atoms. The van der Waals surface area contributed by atoms with E-state index in [1.165, 1.54) is 12.4 Å². The van der Waals surface area contributed by atoms with Crippen LogP contribution in [0.2, 0.25) is 0 Å². The van der Waals surface area contributed by atoms with Gasteiger partial charge in [-0.1, -0.05) is 11.8 Å². The van der Waals surface area contributed by atoms with Gasteiger partial charge in [-0.2, -0.15) is 0 Å². The van der Waals surface area contributed by atoms with Crippen molar-refractivity contribution in [3.63, 3.8) is 0 Å². The van der Waals surface area contributed by atoms with Gasteiger partial charge in [-0.3, -0.25) is 0 Å². The summed E-state index contributed by atoms with van der Waals surface area (Å²) in [6.07, 6.45) is 4.72. The molecule has 1 aliphatic rings. The quantitative estimate of drug-likeness (QED) is 0.474. The van der Waals surface area contributed by atoms with E-state index >= 15 is 0 Å². The number of pyridine rings is 1. The van der Waals surface area contributed by atoms with Crippen LogP contribution in [0.3, 0.4) is 0 Å². The van der Waals surface area contributed by atoms with Gasteiger partial charge in [-0.05, 0) is 13.8 Å². The van der Waals surface area contributed by atoms with Gasteiger partial charge >= 0.3 is 0 Å². The number of nitrogen functional groups attached to an aromatic ring is 1. The second-order valence-corrected chi connectivity index (χ2v) is 6.95. The van der Waals surface area contributed by atoms with Crippen LogP contribution in [0.25, 0.3) is 0 Å². The lowest BCUT2D eigenvalue weighted by atomic mass is 10.1. The summed E-state index contributed by atoms with van der Waals surface area (Å²) in [5.74, 6) is 7.26. The van der Waals surface area contributed by atoms with Gasteiger partial charge in [0, 0.05) is 31.9 Å². The number of hydrogen-bond donors (Lipinski definition) is 5. The number of nitrogens with zero attached hydrogens (tertiary/aromatic N) is 3. The predicted molar refractivity (Wildman–Crippen MR) is 108 cm³/mol. The SMILES string of the molecule is CC(C)(O)C#Cc1cnc(Nc2cnc(N)cn2)cc1NC[C@H]1CNCCO1. The zero-order valence-electron chi connectivity index (χ0n) is 16.0. The van der Waals surface area contributed by atoms with Gasteiger partial charge in [0.2, 0.25) is 0 Å². The molecule has 0 radical (unpaired) electrons. The Morgan fingerprint density at radius 1 is 1.29 bits per heavy atom. The summed E-state index contributed by atoms with van der Waals surface area (Å²) in [4.78, 5) is 12.5. The minimum atomic E-state index is -1.09. The highest BCUT2D eigenvalue weighted by Crippen LogP contribution is 2.21. The summed E-state index contributed by atoms with van der Waals surface area (Å²) in [7, 11) is 0. The number of aromatic nitrogens is 3. The third kappa shape index (κ3) is 6.06. The highest BCUT2D eigenvalue weighted by Gasteiger charge is 2.14. The van der Waals surface area contributed by atoms with Gasteiger partial charge in [0.15, 0.2) is 0 Å². The van der Waals surface area contributed by atoms with Crippen LogP contribution >= 0.6 is 0 Å². The van der Waals surface area contributed by atoms with E-state index in [2.05, 4.69) is 42.7 Å². The van der Waals surface area contributed by atoms with Crippen LogP contribution in [0.15, 0.2) is 24.7 Å². The van der Waals surface area contributed by atoms with Crippen molar-refractivity contribution >= 4 is 23.1 Å². The number of nitrogens with one attached hydrogen (secondary N) is 3. The Bertz CT molecular complexity index is 847. The first-order chi connectivity index (χ1) is 13.4. The number of anilines is 4. The molecule has 6 N–H and O–H groups in total. The second-order valence-electron chi connectivity index (χ2n) is 6.95. The number of aliphatic hydroxyl groups is 1. The van der Waals surface area contributed by atoms with Gasteiger partial charge in [0.1, 0.15) is 23.1 Å². The van der Waals surface area contributed by atoms with Crippen LogP contribution in [0, 0.1) is 11.8 Å². The summed E-state index contributed by atoms with van der Waals surface area (Å²) in [6, 6.07) is 1.84. The van der Waals surface area contributed by atoms with Crippen LogP contribution in [0.1, 0.15) is 19.4 Å². The van der Waals surface area contributed by atoms with Crippen LogP contribution < -0.4 is 21.7 Å². The first-order valence-corrected chi connectivity index (χ1v) is 9.05. The van der Waals surface area contributed by atoms with Crippen molar-refractivity contribution in [3.8, 4) is 11.8 Å². The highest BCUT2D eigenvalue weighted by molar-refractivity contribution is 5.65. The maximum atomic E-state index is 9.89. The highest BCUT2D eigenvalue weighted by atomic mass is 16.5. The minimum Gasteiger partial charge on any atom is -0.382 e. The van der Waals surface area contributed by atoms with E-state index in [1.807, 2.05) is 6.07 Å². The molecule has 1 atom stereocenters. The number of nitrogens with two attached hydrogens (primary N) is 1. The lowest BCUT2D eigenvalue weighted by Crippen LogP contribution is -2.42. The summed E-state index contributed by atoms with van der Waals surface area (Å²) in [5, 5.41) is 19.7. The molecule has 3 heterocycles. The predicted octanol–water partition coefficient (Wildman–Crippen LogP) is 0.720. The Labute approximate surface area is 164 Å². The molecule has 2 aromatic rings. The van der Waals surface area contributed by atoms with E-state index < -0.39 is 5.60 Å². The Hall–Kier alpha value is -2.93. The average molecular weight is 383 g/mol. The fourth-order valence-corrected chi connectivity index (χ4v) is 2.50. The first-order valence-electron chi connectivity index (χ1n) is 9.05. The number of rotatable bonds is 5. The number of hydrogen-bond acceptors (Lipinski definition) is 9. The lowest BCUT2D eigenvalue weighted by Gasteiger charge is -2.24. The molecule has 0 saturated carbocycles. The van der Waals surface area contributed by atoms with Crippen molar-refractivity contribution in [1.82, 2.24) is 20.3 Å². The third-order valence-electron chi connectivity index (χ3n) is 3.86. The number of morpholine rings is 1. The van der Waals surface area contributed by atoms with Crippen molar-refractivity contribution in [2.75, 3.05) is 42.6 Å². The van der Waals surface area contributed by atoms with E-state index in [0.29, 0.717) is 36.2 Å². The maximum absolute atomic E-state index is 9.89. The van der Waals surface area contributed by atoms with Crippen molar-refractivity contribution in [2.45, 2.75) is 25.6 Å². The molecule has 148 valence electrons. The standard InChI is InChI=1S/C19H25N7O2/c1-19(2,27)4-3-13-8-24-17(26-18-12-23-16(20)11-25-18)7-15(13)22-10-14-9-21-5-6-28-14/h7-8,11-12,14,21,27H,5-6,9-10H2,1-2H3,(H2,20,23)(H2,22,24,25,26)/t14-/m1/s1. The van der Waals surface area contributed by atoms with E-state index in [0.717, 1.165) is 18.8 Å². The van der Waals surface area contributed by atoms with E-state index in [9.17, 15) is 5.11 Å². The Morgan fingerprint density at radius 2 is 2.11 bits per heavy atom. The summed E-state index contributed by atoms with van der Waals surface area (Å²) >= 11 is 0. The molecule has 1 fully saturated rings. The molecule has 0 aliphatic carbocycles. The smallest absolute Gasteiger partial charge is 0.150 e. The Balaban J connectivity index is 1.80. The molecular formula is C19H25N7O2. The van der Waals surface area contributed by atoms with Gasteiger partial charge in [-0.25, -0.2) is 15.0 Å². The molecule has 9 heteroatoms. The lowest BCUT2D eigenvalue weighted by molar-refractivity contribution is 0.0372. The van der Waals surface area contributed by atoms with E-state index in [4.69, 9.17) is 10.5 Å². The zero-order chi connectivity index (χ0) is 20.0. The molecular weight excluding hydrogens is 358 g/mol.